The molecular formula is C15H18N2. The average Bonchev–Trinajstić information content (AvgIpc) is 2.28. The molecule has 0 fully saturated rings. The second kappa shape index (κ2) is 4.91. The first kappa shape index (κ1) is 11.5. The van der Waals surface area contributed by atoms with Gasteiger partial charge in [0.05, 0.1) is 6.67 Å². The Balaban J connectivity index is 2.36. The molecule has 0 unspecified atom stereocenters. The number of rotatable bonds is 1. The number of aryl methyl sites for hydroxylation is 1. The van der Waals surface area contributed by atoms with Gasteiger partial charge in [-0.05, 0) is 49.4 Å². The molecule has 0 radical (unpaired) electrons. The van der Waals surface area contributed by atoms with Gasteiger partial charge in [0.25, 0.3) is 0 Å². The molecule has 0 aromatic heterocycles. The quantitative estimate of drug-likeness (QED) is 0.790. The fourth-order valence-electron chi connectivity index (χ4n) is 1.93. The van der Waals surface area contributed by atoms with Gasteiger partial charge < -0.3 is 10.2 Å². The molecule has 0 saturated carbocycles. The van der Waals surface area contributed by atoms with E-state index in [1.807, 2.05) is 6.20 Å². The molecule has 0 amide bonds. The van der Waals surface area contributed by atoms with Gasteiger partial charge in [0.1, 0.15) is 0 Å². The van der Waals surface area contributed by atoms with Gasteiger partial charge in [-0.1, -0.05) is 24.8 Å². The van der Waals surface area contributed by atoms with E-state index in [0.29, 0.717) is 0 Å². The van der Waals surface area contributed by atoms with Crippen molar-refractivity contribution in [1.82, 2.24) is 5.32 Å². The van der Waals surface area contributed by atoms with Crippen LogP contribution in [0.5, 0.6) is 0 Å². The maximum absolute atomic E-state index is 4.14. The molecule has 1 aliphatic heterocycles. The highest BCUT2D eigenvalue weighted by Gasteiger charge is 2.11. The highest BCUT2D eigenvalue weighted by atomic mass is 15.2. The molecule has 2 rings (SSSR count). The summed E-state index contributed by atoms with van der Waals surface area (Å²) < 4.78 is 0. The molecule has 1 aliphatic rings. The Labute approximate surface area is 103 Å². The Hall–Kier alpha value is -1.96. The lowest BCUT2D eigenvalue weighted by molar-refractivity contribution is 0.814. The Morgan fingerprint density at radius 3 is 2.76 bits per heavy atom. The van der Waals surface area contributed by atoms with Gasteiger partial charge >= 0.3 is 0 Å². The summed E-state index contributed by atoms with van der Waals surface area (Å²) in [6.45, 7) is 9.07. The third-order valence-corrected chi connectivity index (χ3v) is 2.86. The van der Waals surface area contributed by atoms with Crippen molar-refractivity contribution in [2.45, 2.75) is 13.8 Å². The fraction of sp³-hybridized carbons (Fsp3) is 0.200. The standard InChI is InChI=1S/C15H18N2/c1-12-8-9-16-11-17(14(3)10-12)15-7-5-4-6-13(15)2/h4-10,16H,3,11H2,1-2H3/b9-8-,12-10-. The number of nitrogens with one attached hydrogen (secondary N) is 1. The van der Waals surface area contributed by atoms with Gasteiger partial charge in [-0.15, -0.1) is 0 Å². The van der Waals surface area contributed by atoms with Crippen molar-refractivity contribution in [2.24, 2.45) is 0 Å². The molecule has 17 heavy (non-hydrogen) atoms. The monoisotopic (exact) mass is 226 g/mol. The average molecular weight is 226 g/mol. The smallest absolute Gasteiger partial charge is 0.0920 e. The zero-order chi connectivity index (χ0) is 12.3. The molecule has 2 nitrogen and oxygen atoms in total. The predicted octanol–water partition coefficient (Wildman–Crippen LogP) is 3.34. The van der Waals surface area contributed by atoms with Crippen LogP contribution in [-0.2, 0) is 0 Å². The maximum Gasteiger partial charge on any atom is 0.0920 e. The van der Waals surface area contributed by atoms with Crippen LogP contribution >= 0.6 is 0 Å². The molecule has 88 valence electrons. The van der Waals surface area contributed by atoms with Crippen molar-refractivity contribution in [3.63, 3.8) is 0 Å². The first-order valence-electron chi connectivity index (χ1n) is 5.79. The molecule has 2 heteroatoms. The number of anilines is 1. The van der Waals surface area contributed by atoms with Crippen molar-refractivity contribution in [3.8, 4) is 0 Å². The molecular weight excluding hydrogens is 208 g/mol. The van der Waals surface area contributed by atoms with Gasteiger partial charge in [-0.25, -0.2) is 0 Å². The van der Waals surface area contributed by atoms with E-state index in [1.165, 1.54) is 16.8 Å². The normalized spacial score (nSPS) is 20.9. The van der Waals surface area contributed by atoms with Crippen LogP contribution in [0.15, 0.2) is 60.5 Å². The number of hydrogen-bond acceptors (Lipinski definition) is 2. The van der Waals surface area contributed by atoms with E-state index in [0.717, 1.165) is 12.4 Å². The Morgan fingerprint density at radius 2 is 2.00 bits per heavy atom. The lowest BCUT2D eigenvalue weighted by Gasteiger charge is -2.28. The van der Waals surface area contributed by atoms with Crippen molar-refractivity contribution in [1.29, 1.82) is 0 Å². The SMILES string of the molecule is C=C1/C=C(C)\C=C/NCN1c1ccccc1C. The predicted molar refractivity (Wildman–Crippen MR) is 73.7 cm³/mol. The molecule has 0 bridgehead atoms. The highest BCUT2D eigenvalue weighted by Crippen LogP contribution is 2.23. The summed E-state index contributed by atoms with van der Waals surface area (Å²) in [5.74, 6) is 0. The molecule has 1 aromatic rings. The first-order valence-corrected chi connectivity index (χ1v) is 5.79. The highest BCUT2D eigenvalue weighted by molar-refractivity contribution is 5.59. The summed E-state index contributed by atoms with van der Waals surface area (Å²) in [5, 5.41) is 3.27. The van der Waals surface area contributed by atoms with Crippen molar-refractivity contribution in [3.05, 3.63) is 66.0 Å². The third-order valence-electron chi connectivity index (χ3n) is 2.86. The summed E-state index contributed by atoms with van der Waals surface area (Å²) in [5.41, 5.74) is 4.66. The lowest BCUT2D eigenvalue weighted by atomic mass is 10.1. The molecule has 1 N–H and O–H groups in total. The van der Waals surface area contributed by atoms with E-state index < -0.39 is 0 Å². The topological polar surface area (TPSA) is 15.3 Å². The van der Waals surface area contributed by atoms with Gasteiger partial charge in [-0.3, -0.25) is 0 Å². The zero-order valence-electron chi connectivity index (χ0n) is 10.4. The third kappa shape index (κ3) is 2.59. The van der Waals surface area contributed by atoms with Crippen LogP contribution in [0.1, 0.15) is 12.5 Å². The van der Waals surface area contributed by atoms with Gasteiger partial charge in [0.15, 0.2) is 0 Å². The van der Waals surface area contributed by atoms with Gasteiger partial charge in [-0.2, -0.15) is 0 Å². The lowest BCUT2D eigenvalue weighted by Crippen LogP contribution is -2.31. The van der Waals surface area contributed by atoms with Crippen LogP contribution in [0.4, 0.5) is 5.69 Å². The van der Waals surface area contributed by atoms with E-state index in [1.54, 1.807) is 0 Å². The number of allylic oxidation sites excluding steroid dienone is 3. The van der Waals surface area contributed by atoms with E-state index in [2.05, 4.69) is 67.1 Å². The second-order valence-corrected chi connectivity index (χ2v) is 4.29. The van der Waals surface area contributed by atoms with Crippen LogP contribution in [0.25, 0.3) is 0 Å². The van der Waals surface area contributed by atoms with Crippen LogP contribution < -0.4 is 10.2 Å². The van der Waals surface area contributed by atoms with Gasteiger partial charge in [0.2, 0.25) is 0 Å². The number of benzene rings is 1. The Bertz CT molecular complexity index is 483. The van der Waals surface area contributed by atoms with E-state index in [4.69, 9.17) is 0 Å². The molecule has 1 aromatic carbocycles. The fourth-order valence-corrected chi connectivity index (χ4v) is 1.93. The Kier molecular flexibility index (Phi) is 3.33. The van der Waals surface area contributed by atoms with Crippen molar-refractivity contribution in [2.75, 3.05) is 11.6 Å². The van der Waals surface area contributed by atoms with Crippen LogP contribution in [0, 0.1) is 6.92 Å². The minimum absolute atomic E-state index is 0.740. The minimum atomic E-state index is 0.740. The molecule has 0 spiro atoms. The summed E-state index contributed by atoms with van der Waals surface area (Å²) in [4.78, 5) is 2.18. The summed E-state index contributed by atoms with van der Waals surface area (Å²) >= 11 is 0. The maximum atomic E-state index is 4.14. The number of nitrogens with zero attached hydrogens (tertiary/aromatic N) is 1. The number of para-hydroxylation sites is 1. The minimum Gasteiger partial charge on any atom is -0.373 e. The molecule has 0 saturated heterocycles. The first-order chi connectivity index (χ1) is 8.18. The summed E-state index contributed by atoms with van der Waals surface area (Å²) in [6.07, 6.45) is 6.13. The van der Waals surface area contributed by atoms with Crippen LogP contribution in [0.2, 0.25) is 0 Å². The van der Waals surface area contributed by atoms with Gasteiger partial charge in [0, 0.05) is 11.4 Å². The summed E-state index contributed by atoms with van der Waals surface area (Å²) in [7, 11) is 0. The van der Waals surface area contributed by atoms with Crippen molar-refractivity contribution < 1.29 is 0 Å². The van der Waals surface area contributed by atoms with Crippen LogP contribution in [0.3, 0.4) is 0 Å². The Morgan fingerprint density at radius 1 is 1.24 bits per heavy atom. The van der Waals surface area contributed by atoms with E-state index in [9.17, 15) is 0 Å². The van der Waals surface area contributed by atoms with E-state index >= 15 is 0 Å². The largest absolute Gasteiger partial charge is 0.373 e. The second-order valence-electron chi connectivity index (χ2n) is 4.29. The molecule has 1 heterocycles. The zero-order valence-corrected chi connectivity index (χ0v) is 10.4. The van der Waals surface area contributed by atoms with Crippen molar-refractivity contribution >= 4 is 5.69 Å². The van der Waals surface area contributed by atoms with Crippen LogP contribution in [-0.4, -0.2) is 6.67 Å². The van der Waals surface area contributed by atoms with E-state index in [-0.39, 0.29) is 0 Å². The molecule has 0 aliphatic carbocycles. The molecule has 0 atom stereocenters. The number of hydrogen-bond donors (Lipinski definition) is 1. The summed E-state index contributed by atoms with van der Waals surface area (Å²) in [6, 6.07) is 8.35.